The highest BCUT2D eigenvalue weighted by Crippen LogP contribution is 2.41. The lowest BCUT2D eigenvalue weighted by molar-refractivity contribution is -0.150. The summed E-state index contributed by atoms with van der Waals surface area (Å²) in [5, 5.41) is 14.1. The van der Waals surface area contributed by atoms with Gasteiger partial charge in [-0.1, -0.05) is 30.3 Å². The number of carboxylic acid groups (broad SMARTS) is 1. The van der Waals surface area contributed by atoms with Crippen molar-refractivity contribution in [3.63, 3.8) is 0 Å². The Morgan fingerprint density at radius 3 is 2.53 bits per heavy atom. The van der Waals surface area contributed by atoms with Crippen molar-refractivity contribution < 1.29 is 29.0 Å². The number of nitrogens with one attached hydrogen (secondary N) is 2. The van der Waals surface area contributed by atoms with Gasteiger partial charge in [0.15, 0.2) is 0 Å². The third kappa shape index (κ3) is 4.45. The Hall–Kier alpha value is -3.01. The van der Waals surface area contributed by atoms with Gasteiger partial charge in [0, 0.05) is 5.25 Å². The summed E-state index contributed by atoms with van der Waals surface area (Å²) in [4.78, 5) is 50.9. The Labute approximate surface area is 189 Å². The predicted molar refractivity (Wildman–Crippen MR) is 116 cm³/mol. The van der Waals surface area contributed by atoms with Crippen LogP contribution in [0, 0.1) is 5.92 Å². The van der Waals surface area contributed by atoms with Crippen LogP contribution in [0.25, 0.3) is 0 Å². The number of carbonyl (C=O) groups excluding carboxylic acids is 3. The van der Waals surface area contributed by atoms with Gasteiger partial charge in [0.2, 0.25) is 5.91 Å². The van der Waals surface area contributed by atoms with Crippen molar-refractivity contribution in [3.05, 3.63) is 47.7 Å². The number of fused-ring (bicyclic) bond motifs is 1. The molecule has 1 aromatic carbocycles. The minimum absolute atomic E-state index is 0.0767. The van der Waals surface area contributed by atoms with E-state index in [-0.39, 0.29) is 17.1 Å². The first-order valence-electron chi connectivity index (χ1n) is 10.5. The highest BCUT2D eigenvalue weighted by Gasteiger charge is 2.54. The van der Waals surface area contributed by atoms with Crippen molar-refractivity contribution in [2.45, 2.75) is 55.5 Å². The summed E-state index contributed by atoms with van der Waals surface area (Å²) in [6.07, 6.45) is 2.61. The molecule has 3 aliphatic rings. The molecule has 0 bridgehead atoms. The number of thioether (sulfide) groups is 1. The molecular formula is C22H25N3O6S. The number of nitrogens with zero attached hydrogens (tertiary/aromatic N) is 1. The summed E-state index contributed by atoms with van der Waals surface area (Å²) in [6, 6.07) is 6.74. The molecule has 1 aliphatic carbocycles. The van der Waals surface area contributed by atoms with Gasteiger partial charge in [0.05, 0.1) is 0 Å². The van der Waals surface area contributed by atoms with Gasteiger partial charge in [-0.3, -0.25) is 14.5 Å². The molecule has 2 fully saturated rings. The summed E-state index contributed by atoms with van der Waals surface area (Å²) in [5.74, 6) is -1.89. The lowest BCUT2D eigenvalue weighted by Crippen LogP contribution is -2.71. The van der Waals surface area contributed by atoms with Gasteiger partial charge < -0.3 is 20.5 Å². The molecule has 4 rings (SSSR count). The number of β-lactam (4-membered cyclic amide) rings is 1. The molecule has 1 saturated carbocycles. The second kappa shape index (κ2) is 8.85. The zero-order chi connectivity index (χ0) is 23.0. The largest absolute Gasteiger partial charge is 0.477 e. The third-order valence-electron chi connectivity index (χ3n) is 5.80. The fourth-order valence-corrected chi connectivity index (χ4v) is 5.22. The Morgan fingerprint density at radius 1 is 1.22 bits per heavy atom. The number of alkyl carbamates (subject to hydrolysis) is 1. The average Bonchev–Trinajstić information content (AvgIpc) is 3.61. The SMILES string of the molecule is CC1C=C(C(=O)O)N2C(=O)C(NC(=O)[C@@H](NC(=O)OC(C)C3CC3)c3ccccc3)[C@@H]2S1. The molecule has 3 N–H and O–H groups in total. The van der Waals surface area contributed by atoms with E-state index in [2.05, 4.69) is 10.6 Å². The van der Waals surface area contributed by atoms with E-state index in [0.717, 1.165) is 12.8 Å². The van der Waals surface area contributed by atoms with E-state index in [1.807, 2.05) is 13.8 Å². The Kier molecular flexibility index (Phi) is 6.14. The highest BCUT2D eigenvalue weighted by molar-refractivity contribution is 8.00. The maximum Gasteiger partial charge on any atom is 0.408 e. The van der Waals surface area contributed by atoms with E-state index >= 15 is 0 Å². The number of rotatable bonds is 7. The van der Waals surface area contributed by atoms with Crippen LogP contribution in [0.3, 0.4) is 0 Å². The number of carbonyl (C=O) groups is 4. The highest BCUT2D eigenvalue weighted by atomic mass is 32.2. The molecular weight excluding hydrogens is 434 g/mol. The zero-order valence-corrected chi connectivity index (χ0v) is 18.5. The molecule has 2 aliphatic heterocycles. The number of benzene rings is 1. The Bertz CT molecular complexity index is 964. The van der Waals surface area contributed by atoms with Crippen molar-refractivity contribution in [1.29, 1.82) is 0 Å². The van der Waals surface area contributed by atoms with Crippen LogP contribution in [0.1, 0.15) is 38.3 Å². The summed E-state index contributed by atoms with van der Waals surface area (Å²) < 4.78 is 5.40. The molecule has 0 radical (unpaired) electrons. The predicted octanol–water partition coefficient (Wildman–Crippen LogP) is 2.01. The van der Waals surface area contributed by atoms with Gasteiger partial charge in [0.1, 0.15) is 29.3 Å². The molecule has 32 heavy (non-hydrogen) atoms. The van der Waals surface area contributed by atoms with E-state index in [4.69, 9.17) is 4.74 Å². The molecule has 10 heteroatoms. The van der Waals surface area contributed by atoms with Crippen LogP contribution in [0.4, 0.5) is 4.79 Å². The number of amides is 3. The van der Waals surface area contributed by atoms with Crippen LogP contribution in [0.15, 0.2) is 42.1 Å². The Balaban J connectivity index is 1.47. The van der Waals surface area contributed by atoms with Crippen molar-refractivity contribution in [2.24, 2.45) is 5.92 Å². The maximum atomic E-state index is 13.1. The lowest BCUT2D eigenvalue weighted by Gasteiger charge is -2.49. The second-order valence-electron chi connectivity index (χ2n) is 8.22. The van der Waals surface area contributed by atoms with Gasteiger partial charge in [-0.25, -0.2) is 9.59 Å². The molecule has 3 amide bonds. The number of hydrogen-bond donors (Lipinski definition) is 3. The van der Waals surface area contributed by atoms with Gasteiger partial charge in [0.25, 0.3) is 5.91 Å². The van der Waals surface area contributed by atoms with E-state index in [9.17, 15) is 24.3 Å². The van der Waals surface area contributed by atoms with Crippen molar-refractivity contribution in [3.8, 4) is 0 Å². The van der Waals surface area contributed by atoms with Crippen molar-refractivity contribution >= 4 is 35.6 Å². The number of hydrogen-bond acceptors (Lipinski definition) is 6. The topological polar surface area (TPSA) is 125 Å². The average molecular weight is 460 g/mol. The molecule has 3 unspecified atom stereocenters. The first-order valence-corrected chi connectivity index (χ1v) is 11.5. The van der Waals surface area contributed by atoms with Crippen molar-refractivity contribution in [1.82, 2.24) is 15.5 Å². The van der Waals surface area contributed by atoms with E-state index in [1.165, 1.54) is 22.7 Å². The van der Waals surface area contributed by atoms with Crippen LogP contribution >= 0.6 is 11.8 Å². The number of ether oxygens (including phenoxy) is 1. The third-order valence-corrected chi connectivity index (χ3v) is 7.13. The molecule has 0 aromatic heterocycles. The van der Waals surface area contributed by atoms with Gasteiger partial charge in [-0.2, -0.15) is 0 Å². The van der Waals surface area contributed by atoms with Crippen LogP contribution in [-0.4, -0.2) is 56.7 Å². The van der Waals surface area contributed by atoms with Crippen LogP contribution in [0.5, 0.6) is 0 Å². The molecule has 1 aromatic rings. The minimum atomic E-state index is -1.18. The molecule has 5 atom stereocenters. The molecule has 170 valence electrons. The first kappa shape index (κ1) is 22.2. The summed E-state index contributed by atoms with van der Waals surface area (Å²) >= 11 is 1.39. The second-order valence-corrected chi connectivity index (χ2v) is 9.72. The Morgan fingerprint density at radius 2 is 1.91 bits per heavy atom. The molecule has 2 heterocycles. The molecule has 0 spiro atoms. The van der Waals surface area contributed by atoms with Crippen LogP contribution in [-0.2, 0) is 19.1 Å². The van der Waals surface area contributed by atoms with E-state index in [0.29, 0.717) is 11.5 Å². The van der Waals surface area contributed by atoms with Crippen molar-refractivity contribution in [2.75, 3.05) is 0 Å². The van der Waals surface area contributed by atoms with Gasteiger partial charge in [-0.15, -0.1) is 11.8 Å². The fourth-order valence-electron chi connectivity index (χ4n) is 3.89. The summed E-state index contributed by atoms with van der Waals surface area (Å²) in [5.41, 5.74) is 0.465. The minimum Gasteiger partial charge on any atom is -0.477 e. The smallest absolute Gasteiger partial charge is 0.408 e. The maximum absolute atomic E-state index is 13.1. The summed E-state index contributed by atoms with van der Waals surface area (Å²) in [7, 11) is 0. The van der Waals surface area contributed by atoms with Gasteiger partial charge in [-0.05, 0) is 44.2 Å². The first-order chi connectivity index (χ1) is 15.3. The lowest BCUT2D eigenvalue weighted by atomic mass is 10.0. The number of carboxylic acids is 1. The monoisotopic (exact) mass is 459 g/mol. The van der Waals surface area contributed by atoms with E-state index < -0.39 is 41.3 Å². The molecule has 1 saturated heterocycles. The normalized spacial score (nSPS) is 26.1. The number of aliphatic carboxylic acids is 1. The molecule has 9 nitrogen and oxygen atoms in total. The quantitative estimate of drug-likeness (QED) is 0.533. The fraction of sp³-hybridized carbons (Fsp3) is 0.455. The van der Waals surface area contributed by atoms with Crippen LogP contribution < -0.4 is 10.6 Å². The zero-order valence-electron chi connectivity index (χ0n) is 17.7. The van der Waals surface area contributed by atoms with E-state index in [1.54, 1.807) is 30.3 Å². The van der Waals surface area contributed by atoms with Crippen LogP contribution in [0.2, 0.25) is 0 Å². The summed E-state index contributed by atoms with van der Waals surface area (Å²) in [6.45, 7) is 3.66. The van der Waals surface area contributed by atoms with Gasteiger partial charge >= 0.3 is 12.1 Å². The standard InChI is InChI=1S/C22H25N3O6S/c1-11-10-15(21(28)29)25-19(27)17(20(25)32-11)23-18(26)16(14-6-4-3-5-7-14)24-22(30)31-12(2)13-8-9-13/h3-7,10-13,16-17,20H,8-9H2,1-2H3,(H,23,26)(H,24,30)(H,28,29)/t11?,12?,16-,17?,20-/m0/s1.